The molecule has 152 valence electrons. The van der Waals surface area contributed by atoms with Crippen molar-refractivity contribution < 1.29 is 18.7 Å². The van der Waals surface area contributed by atoms with Crippen LogP contribution in [0.25, 0.3) is 0 Å². The maximum Gasteiger partial charge on any atom is 0.263 e. The van der Waals surface area contributed by atoms with Crippen molar-refractivity contribution in [2.24, 2.45) is 0 Å². The van der Waals surface area contributed by atoms with Crippen LogP contribution in [-0.2, 0) is 11.3 Å². The Bertz CT molecular complexity index is 1000. The minimum atomic E-state index is -0.703. The first-order valence-corrected chi connectivity index (χ1v) is 10.00. The van der Waals surface area contributed by atoms with Crippen molar-refractivity contribution in [1.29, 1.82) is 0 Å². The fourth-order valence-electron chi connectivity index (χ4n) is 2.41. The molecule has 0 bridgehead atoms. The highest BCUT2D eigenvalue weighted by Gasteiger charge is 2.20. The molecule has 0 saturated heterocycles. The fourth-order valence-corrected chi connectivity index (χ4v) is 3.58. The lowest BCUT2D eigenvalue weighted by molar-refractivity contribution is -0.137. The summed E-state index contributed by atoms with van der Waals surface area (Å²) in [7, 11) is 1.68. The summed E-state index contributed by atoms with van der Waals surface area (Å²) in [5.41, 5.74) is 0. The van der Waals surface area contributed by atoms with E-state index in [0.29, 0.717) is 22.5 Å². The molecule has 1 atom stereocenters. The van der Waals surface area contributed by atoms with E-state index < -0.39 is 11.9 Å². The van der Waals surface area contributed by atoms with Gasteiger partial charge in [0.15, 0.2) is 16.4 Å². The monoisotopic (exact) mass is 455 g/mol. The highest BCUT2D eigenvalue weighted by atomic mass is 35.5. The Morgan fingerprint density at radius 2 is 1.90 bits per heavy atom. The van der Waals surface area contributed by atoms with Gasteiger partial charge in [-0.15, -0.1) is 11.3 Å². The van der Waals surface area contributed by atoms with Gasteiger partial charge in [0.2, 0.25) is 0 Å². The molecule has 2 aromatic heterocycles. The van der Waals surface area contributed by atoms with Crippen LogP contribution in [0.1, 0.15) is 11.8 Å². The molecule has 1 amide bonds. The van der Waals surface area contributed by atoms with Gasteiger partial charge < -0.3 is 14.4 Å². The van der Waals surface area contributed by atoms with E-state index in [1.807, 2.05) is 0 Å². The van der Waals surface area contributed by atoms with Gasteiger partial charge in [-0.3, -0.25) is 4.79 Å². The third-order valence-electron chi connectivity index (χ3n) is 3.77. The van der Waals surface area contributed by atoms with Crippen molar-refractivity contribution in [1.82, 2.24) is 14.9 Å². The van der Waals surface area contributed by atoms with Crippen molar-refractivity contribution in [3.63, 3.8) is 0 Å². The molecule has 0 saturated carbocycles. The zero-order chi connectivity index (χ0) is 21.0. The molecule has 0 aliphatic heterocycles. The molecule has 0 spiro atoms. The van der Waals surface area contributed by atoms with Crippen LogP contribution in [0.4, 0.5) is 4.39 Å². The molecule has 29 heavy (non-hydrogen) atoms. The largest absolute Gasteiger partial charge is 0.481 e. The summed E-state index contributed by atoms with van der Waals surface area (Å²) in [6, 6.07) is 7.54. The number of thiazole rings is 1. The Balaban J connectivity index is 1.57. The molecule has 0 aliphatic rings. The number of halogens is 3. The second-order valence-corrected chi connectivity index (χ2v) is 8.18. The van der Waals surface area contributed by atoms with Gasteiger partial charge in [0.1, 0.15) is 11.5 Å². The summed E-state index contributed by atoms with van der Waals surface area (Å²) in [6.45, 7) is 2.05. The van der Waals surface area contributed by atoms with Gasteiger partial charge >= 0.3 is 0 Å². The van der Waals surface area contributed by atoms with Crippen molar-refractivity contribution >= 4 is 40.4 Å². The zero-order valence-corrected chi connectivity index (χ0v) is 17.8. The molecule has 1 unspecified atom stereocenters. The molecule has 2 heterocycles. The summed E-state index contributed by atoms with van der Waals surface area (Å²) in [6.07, 6.45) is 2.23. The number of ether oxygens (including phenoxy) is 2. The van der Waals surface area contributed by atoms with Gasteiger partial charge in [-0.25, -0.2) is 14.4 Å². The number of aromatic nitrogens is 2. The first kappa shape index (κ1) is 21.3. The first-order valence-electron chi connectivity index (χ1n) is 8.42. The summed E-state index contributed by atoms with van der Waals surface area (Å²) < 4.78 is 25.3. The Kier molecular flexibility index (Phi) is 6.89. The highest BCUT2D eigenvalue weighted by molar-refractivity contribution is 7.15. The number of amides is 1. The summed E-state index contributed by atoms with van der Waals surface area (Å²) in [5, 5.41) is 0.181. The predicted molar refractivity (Wildman–Crippen MR) is 109 cm³/mol. The van der Waals surface area contributed by atoms with Crippen LogP contribution < -0.4 is 9.47 Å². The van der Waals surface area contributed by atoms with E-state index in [4.69, 9.17) is 32.7 Å². The van der Waals surface area contributed by atoms with Gasteiger partial charge in [-0.1, -0.05) is 23.2 Å². The quantitative estimate of drug-likeness (QED) is 0.489. The number of likely N-dealkylation sites (N-methyl/N-ethyl adjacent to an activating group) is 1. The zero-order valence-electron chi connectivity index (χ0n) is 15.4. The Morgan fingerprint density at radius 3 is 2.52 bits per heavy atom. The lowest BCUT2D eigenvalue weighted by atomic mass is 10.3. The standard InChI is InChI=1S/C19H16Cl2FN3O3S/c1-11(18(26)25(2)10-15-9-24-19(21)29-15)27-13-3-5-14(6-4-13)28-17-16(22)7-12(20)8-23-17/h3-9,11H,10H2,1-2H3. The number of carbonyl (C=O) groups is 1. The molecule has 3 aromatic rings. The van der Waals surface area contributed by atoms with Crippen LogP contribution in [-0.4, -0.2) is 33.9 Å². The molecule has 1 aromatic carbocycles. The third kappa shape index (κ3) is 5.79. The van der Waals surface area contributed by atoms with Crippen molar-refractivity contribution in [3.05, 3.63) is 62.9 Å². The number of rotatable bonds is 7. The van der Waals surface area contributed by atoms with E-state index in [1.165, 1.54) is 17.5 Å². The number of nitrogens with zero attached hydrogens (tertiary/aromatic N) is 3. The SMILES string of the molecule is CC(Oc1ccc(Oc2ncc(Cl)cc2F)cc1)C(=O)N(C)Cc1cnc(Cl)s1. The van der Waals surface area contributed by atoms with Gasteiger partial charge in [0.05, 0.1) is 11.6 Å². The van der Waals surface area contributed by atoms with Crippen LogP contribution in [0.3, 0.4) is 0 Å². The number of hydrogen-bond acceptors (Lipinski definition) is 6. The van der Waals surface area contributed by atoms with Crippen LogP contribution in [0.2, 0.25) is 9.49 Å². The summed E-state index contributed by atoms with van der Waals surface area (Å²) in [5.74, 6) is -0.206. The van der Waals surface area contributed by atoms with Crippen LogP contribution in [0, 0.1) is 5.82 Å². The second kappa shape index (κ2) is 9.39. The lowest BCUT2D eigenvalue weighted by Crippen LogP contribution is -2.37. The number of carbonyl (C=O) groups excluding carboxylic acids is 1. The topological polar surface area (TPSA) is 64.6 Å². The molecular formula is C19H16Cl2FN3O3S. The summed E-state index contributed by atoms with van der Waals surface area (Å²) >= 11 is 12.8. The van der Waals surface area contributed by atoms with Gasteiger partial charge in [-0.05, 0) is 37.3 Å². The van der Waals surface area contributed by atoms with E-state index in [-0.39, 0.29) is 16.8 Å². The van der Waals surface area contributed by atoms with E-state index in [2.05, 4.69) is 9.97 Å². The van der Waals surface area contributed by atoms with E-state index >= 15 is 0 Å². The smallest absolute Gasteiger partial charge is 0.263 e. The third-order valence-corrected chi connectivity index (χ3v) is 5.07. The predicted octanol–water partition coefficient (Wildman–Crippen LogP) is 5.20. The number of pyridine rings is 1. The average molecular weight is 456 g/mol. The molecule has 0 N–H and O–H groups in total. The average Bonchev–Trinajstić information content (AvgIpc) is 3.09. The van der Waals surface area contributed by atoms with Gasteiger partial charge in [0, 0.05) is 24.3 Å². The Labute approximate surface area is 180 Å². The van der Waals surface area contributed by atoms with Crippen molar-refractivity contribution in [2.45, 2.75) is 19.6 Å². The molecule has 0 radical (unpaired) electrons. The molecule has 0 fully saturated rings. The number of hydrogen-bond donors (Lipinski definition) is 0. The first-order chi connectivity index (χ1) is 13.8. The molecule has 0 aliphatic carbocycles. The van der Waals surface area contributed by atoms with E-state index in [1.54, 1.807) is 49.3 Å². The number of benzene rings is 1. The van der Waals surface area contributed by atoms with Gasteiger partial charge in [0.25, 0.3) is 11.8 Å². The van der Waals surface area contributed by atoms with Crippen molar-refractivity contribution in [3.8, 4) is 17.4 Å². The Hall–Kier alpha value is -2.42. The van der Waals surface area contributed by atoms with E-state index in [0.717, 1.165) is 10.9 Å². The normalized spacial score (nSPS) is 11.8. The molecule has 10 heteroatoms. The molecular weight excluding hydrogens is 440 g/mol. The van der Waals surface area contributed by atoms with Crippen LogP contribution >= 0.6 is 34.5 Å². The minimum Gasteiger partial charge on any atom is -0.481 e. The maximum atomic E-state index is 13.8. The van der Waals surface area contributed by atoms with Crippen LogP contribution in [0.15, 0.2) is 42.7 Å². The lowest BCUT2D eigenvalue weighted by Gasteiger charge is -2.21. The van der Waals surface area contributed by atoms with E-state index in [9.17, 15) is 9.18 Å². The maximum absolute atomic E-state index is 13.8. The molecule has 6 nitrogen and oxygen atoms in total. The highest BCUT2D eigenvalue weighted by Crippen LogP contribution is 2.26. The van der Waals surface area contributed by atoms with Crippen molar-refractivity contribution in [2.75, 3.05) is 7.05 Å². The van der Waals surface area contributed by atoms with Crippen LogP contribution in [0.5, 0.6) is 17.4 Å². The second-order valence-electron chi connectivity index (χ2n) is 6.05. The minimum absolute atomic E-state index is 0.181. The van der Waals surface area contributed by atoms with Gasteiger partial charge in [-0.2, -0.15) is 0 Å². The fraction of sp³-hybridized carbons (Fsp3) is 0.211. The summed E-state index contributed by atoms with van der Waals surface area (Å²) in [4.78, 5) is 22.7. The Morgan fingerprint density at radius 1 is 1.21 bits per heavy atom. The molecule has 3 rings (SSSR count).